The molecule has 7 heteroatoms. The van der Waals surface area contributed by atoms with Gasteiger partial charge in [0.05, 0.1) is 0 Å². The van der Waals surface area contributed by atoms with Crippen LogP contribution in [0.2, 0.25) is 0 Å². The Morgan fingerprint density at radius 2 is 1.81 bits per heavy atom. The molecule has 1 amide bonds. The van der Waals surface area contributed by atoms with Crippen molar-refractivity contribution in [3.63, 3.8) is 0 Å². The average molecular weight is 413 g/mol. The molecule has 146 valence electrons. The standard InChI is InChI=1S/C20H22F2N2OS.ClH/c1-23-16-9-11-24(12-10-16)20(25)19(14-5-3-2-4-6-14)26-18-8-7-15(21)13-17(18)22;/h2-8,13,16,19,23H,9-12H2,1H3;1H. The third-order valence-corrected chi connectivity index (χ3v) is 5.97. The van der Waals surface area contributed by atoms with Gasteiger partial charge < -0.3 is 10.2 Å². The summed E-state index contributed by atoms with van der Waals surface area (Å²) in [5, 5.41) is 2.70. The molecule has 1 unspecified atom stereocenters. The van der Waals surface area contributed by atoms with Gasteiger partial charge in [0.1, 0.15) is 16.9 Å². The number of carbonyl (C=O) groups excluding carboxylic acids is 1. The van der Waals surface area contributed by atoms with E-state index in [1.807, 2.05) is 42.3 Å². The van der Waals surface area contributed by atoms with Gasteiger partial charge in [-0.3, -0.25) is 4.79 Å². The highest BCUT2D eigenvalue weighted by Crippen LogP contribution is 2.38. The Kier molecular flexibility index (Phi) is 8.07. The van der Waals surface area contributed by atoms with Crippen LogP contribution in [0.25, 0.3) is 0 Å². The van der Waals surface area contributed by atoms with E-state index in [1.54, 1.807) is 0 Å². The van der Waals surface area contributed by atoms with Crippen LogP contribution in [0.5, 0.6) is 0 Å². The minimum atomic E-state index is -0.641. The maximum absolute atomic E-state index is 14.1. The molecular weight excluding hydrogens is 390 g/mol. The molecule has 0 saturated carbocycles. The second kappa shape index (κ2) is 10.1. The van der Waals surface area contributed by atoms with Crippen LogP contribution in [0.1, 0.15) is 23.7 Å². The fourth-order valence-electron chi connectivity index (χ4n) is 3.14. The fourth-order valence-corrected chi connectivity index (χ4v) is 4.26. The number of piperidine rings is 1. The topological polar surface area (TPSA) is 32.3 Å². The van der Waals surface area contributed by atoms with Gasteiger partial charge in [0.15, 0.2) is 0 Å². The molecule has 2 aromatic carbocycles. The van der Waals surface area contributed by atoms with Crippen LogP contribution < -0.4 is 5.32 Å². The molecule has 0 radical (unpaired) electrons. The van der Waals surface area contributed by atoms with E-state index in [0.29, 0.717) is 19.1 Å². The first-order valence-corrected chi connectivity index (χ1v) is 9.59. The van der Waals surface area contributed by atoms with Crippen LogP contribution >= 0.6 is 24.2 Å². The van der Waals surface area contributed by atoms with Gasteiger partial charge in [-0.15, -0.1) is 24.2 Å². The summed E-state index contributed by atoms with van der Waals surface area (Å²) in [6, 6.07) is 13.3. The highest BCUT2D eigenvalue weighted by molar-refractivity contribution is 8.00. The number of thioether (sulfide) groups is 1. The Hall–Kier alpha value is -1.63. The third-order valence-electron chi connectivity index (χ3n) is 4.68. The number of hydrogen-bond donors (Lipinski definition) is 1. The lowest BCUT2D eigenvalue weighted by molar-refractivity contribution is -0.131. The van der Waals surface area contributed by atoms with Gasteiger partial charge in [-0.1, -0.05) is 30.3 Å². The van der Waals surface area contributed by atoms with Crippen LogP contribution in [0.3, 0.4) is 0 Å². The molecule has 1 N–H and O–H groups in total. The fraction of sp³-hybridized carbons (Fsp3) is 0.350. The second-order valence-corrected chi connectivity index (χ2v) is 7.52. The van der Waals surface area contributed by atoms with Crippen molar-refractivity contribution in [1.82, 2.24) is 10.2 Å². The van der Waals surface area contributed by atoms with Crippen LogP contribution in [0, 0.1) is 11.6 Å². The normalized spacial score (nSPS) is 15.9. The molecule has 0 aliphatic carbocycles. The maximum Gasteiger partial charge on any atom is 0.240 e. The molecule has 1 heterocycles. The summed E-state index contributed by atoms with van der Waals surface area (Å²) in [4.78, 5) is 15.3. The molecule has 0 bridgehead atoms. The lowest BCUT2D eigenvalue weighted by Crippen LogP contribution is -2.45. The molecule has 0 aromatic heterocycles. The van der Waals surface area contributed by atoms with Crippen LogP contribution in [-0.4, -0.2) is 37.0 Å². The maximum atomic E-state index is 14.1. The molecule has 27 heavy (non-hydrogen) atoms. The highest BCUT2D eigenvalue weighted by atomic mass is 35.5. The Morgan fingerprint density at radius 1 is 1.15 bits per heavy atom. The minimum absolute atomic E-state index is 0. The van der Waals surface area contributed by atoms with Crippen LogP contribution in [0.4, 0.5) is 8.78 Å². The summed E-state index contributed by atoms with van der Waals surface area (Å²) >= 11 is 1.14. The van der Waals surface area contributed by atoms with Crippen molar-refractivity contribution in [3.8, 4) is 0 Å². The number of amides is 1. The smallest absolute Gasteiger partial charge is 0.240 e. The summed E-state index contributed by atoms with van der Waals surface area (Å²) in [5.41, 5.74) is 0.821. The van der Waals surface area contributed by atoms with Gasteiger partial charge in [-0.25, -0.2) is 8.78 Å². The van der Waals surface area contributed by atoms with Crippen molar-refractivity contribution < 1.29 is 13.6 Å². The Balaban J connectivity index is 0.00000261. The minimum Gasteiger partial charge on any atom is -0.341 e. The second-order valence-electron chi connectivity index (χ2n) is 6.37. The Morgan fingerprint density at radius 3 is 2.41 bits per heavy atom. The number of hydrogen-bond acceptors (Lipinski definition) is 3. The summed E-state index contributed by atoms with van der Waals surface area (Å²) in [7, 11) is 1.93. The van der Waals surface area contributed by atoms with Crippen molar-refractivity contribution in [3.05, 3.63) is 65.7 Å². The molecule has 3 rings (SSSR count). The van der Waals surface area contributed by atoms with E-state index < -0.39 is 16.9 Å². The Bertz CT molecular complexity index is 755. The number of nitrogens with zero attached hydrogens (tertiary/aromatic N) is 1. The zero-order valence-electron chi connectivity index (χ0n) is 15.0. The van der Waals surface area contributed by atoms with Crippen molar-refractivity contribution in [2.24, 2.45) is 0 Å². The molecule has 2 aromatic rings. The lowest BCUT2D eigenvalue weighted by atomic mass is 10.0. The van der Waals surface area contributed by atoms with Gasteiger partial charge >= 0.3 is 0 Å². The predicted octanol–water partition coefficient (Wildman–Crippen LogP) is 4.43. The van der Waals surface area contributed by atoms with Gasteiger partial charge in [-0.05, 0) is 37.6 Å². The summed E-state index contributed by atoms with van der Waals surface area (Å²) in [6.45, 7) is 1.36. The number of halogens is 3. The van der Waals surface area contributed by atoms with Crippen LogP contribution in [-0.2, 0) is 4.79 Å². The molecule has 1 aliphatic rings. The molecule has 1 aliphatic heterocycles. The van der Waals surface area contributed by atoms with E-state index in [0.717, 1.165) is 36.2 Å². The van der Waals surface area contributed by atoms with Crippen molar-refractivity contribution in [2.75, 3.05) is 20.1 Å². The predicted molar refractivity (Wildman–Crippen MR) is 107 cm³/mol. The van der Waals surface area contributed by atoms with Crippen LogP contribution in [0.15, 0.2) is 53.4 Å². The average Bonchev–Trinajstić information content (AvgIpc) is 2.68. The van der Waals surface area contributed by atoms with E-state index in [9.17, 15) is 13.6 Å². The monoisotopic (exact) mass is 412 g/mol. The number of likely N-dealkylation sites (tertiary alicyclic amines) is 1. The summed E-state index contributed by atoms with van der Waals surface area (Å²) in [6.07, 6.45) is 1.80. The number of carbonyl (C=O) groups is 1. The third kappa shape index (κ3) is 5.43. The van der Waals surface area contributed by atoms with E-state index >= 15 is 0 Å². The molecule has 1 saturated heterocycles. The largest absolute Gasteiger partial charge is 0.341 e. The zero-order valence-corrected chi connectivity index (χ0v) is 16.7. The summed E-state index contributed by atoms with van der Waals surface area (Å²) in [5.74, 6) is -1.29. The molecular formula is C20H23ClF2N2OS. The van der Waals surface area contributed by atoms with Gasteiger partial charge in [0, 0.05) is 30.1 Å². The zero-order chi connectivity index (χ0) is 18.5. The van der Waals surface area contributed by atoms with Gasteiger partial charge in [-0.2, -0.15) is 0 Å². The van der Waals surface area contributed by atoms with E-state index in [4.69, 9.17) is 0 Å². The van der Waals surface area contributed by atoms with Crippen molar-refractivity contribution in [1.29, 1.82) is 0 Å². The van der Waals surface area contributed by atoms with Gasteiger partial charge in [0.25, 0.3) is 0 Å². The molecule has 1 fully saturated rings. The first-order chi connectivity index (χ1) is 12.6. The SMILES string of the molecule is CNC1CCN(C(=O)C(Sc2ccc(F)cc2F)c2ccccc2)CC1.Cl. The number of nitrogens with one attached hydrogen (secondary N) is 1. The molecule has 3 nitrogen and oxygen atoms in total. The van der Waals surface area contributed by atoms with E-state index in [1.165, 1.54) is 12.1 Å². The lowest BCUT2D eigenvalue weighted by Gasteiger charge is -2.34. The quantitative estimate of drug-likeness (QED) is 0.737. The van der Waals surface area contributed by atoms with E-state index in [-0.39, 0.29) is 23.2 Å². The van der Waals surface area contributed by atoms with Crippen molar-refractivity contribution >= 4 is 30.1 Å². The first kappa shape index (κ1) is 21.7. The summed E-state index contributed by atoms with van der Waals surface area (Å²) < 4.78 is 27.3. The van der Waals surface area contributed by atoms with Gasteiger partial charge in [0.2, 0.25) is 5.91 Å². The van der Waals surface area contributed by atoms with E-state index in [2.05, 4.69) is 5.32 Å². The number of benzene rings is 2. The molecule has 1 atom stereocenters. The first-order valence-electron chi connectivity index (χ1n) is 8.71. The number of rotatable bonds is 5. The highest BCUT2D eigenvalue weighted by Gasteiger charge is 2.30. The molecule has 0 spiro atoms. The Labute approximate surface area is 168 Å². The van der Waals surface area contributed by atoms with Crippen molar-refractivity contribution in [2.45, 2.75) is 29.0 Å².